The molecule has 5 rings (SSSR count). The lowest BCUT2D eigenvalue weighted by atomic mass is 9.84. The van der Waals surface area contributed by atoms with E-state index >= 15 is 0 Å². The predicted molar refractivity (Wildman–Crippen MR) is 168 cm³/mol. The Morgan fingerprint density at radius 3 is 1.13 bits per heavy atom. The van der Waals surface area contributed by atoms with E-state index in [1.165, 1.54) is 11.1 Å². The molecule has 0 saturated heterocycles. The summed E-state index contributed by atoms with van der Waals surface area (Å²) in [4.78, 5) is 4.74. The second-order valence-electron chi connectivity index (χ2n) is 11.6. The van der Waals surface area contributed by atoms with Gasteiger partial charge in [-0.05, 0) is 91.1 Å². The van der Waals surface area contributed by atoms with Gasteiger partial charge in [0.15, 0.2) is 0 Å². The lowest BCUT2D eigenvalue weighted by molar-refractivity contribution is 0.533. The topological polar surface area (TPSA) is 6.48 Å². The molecule has 0 unspecified atom stereocenters. The number of rotatable bonds is 7. The molecule has 0 heterocycles. The average Bonchev–Trinajstić information content (AvgIpc) is 2.95. The highest BCUT2D eigenvalue weighted by atomic mass is 15.2. The monoisotopic (exact) mass is 510 g/mol. The second kappa shape index (κ2) is 10.8. The highest BCUT2D eigenvalue weighted by Gasteiger charge is 2.31. The Labute approximate surface area is 234 Å². The van der Waals surface area contributed by atoms with Crippen LogP contribution in [0.15, 0.2) is 140 Å². The first-order valence-corrected chi connectivity index (χ1v) is 13.7. The molecule has 196 valence electrons. The third-order valence-corrected chi connectivity index (χ3v) is 7.43. The van der Waals surface area contributed by atoms with Crippen molar-refractivity contribution >= 4 is 28.4 Å². The van der Waals surface area contributed by atoms with Gasteiger partial charge in [0, 0.05) is 28.4 Å². The number of anilines is 5. The Hall–Kier alpha value is -4.30. The van der Waals surface area contributed by atoms with Crippen molar-refractivity contribution < 1.29 is 0 Å². The molecular weight excluding hydrogens is 472 g/mol. The minimum absolute atomic E-state index is 0.126. The van der Waals surface area contributed by atoms with Crippen LogP contribution in [0.1, 0.15) is 45.7 Å². The molecule has 0 fully saturated rings. The fourth-order valence-electron chi connectivity index (χ4n) is 5.23. The van der Waals surface area contributed by atoms with Gasteiger partial charge in [-0.1, -0.05) is 99.6 Å². The Balaban J connectivity index is 1.56. The summed E-state index contributed by atoms with van der Waals surface area (Å²) in [6.07, 6.45) is 0. The van der Waals surface area contributed by atoms with Crippen LogP contribution in [-0.2, 0) is 11.0 Å². The van der Waals surface area contributed by atoms with Crippen molar-refractivity contribution in [1.82, 2.24) is 0 Å². The molecule has 0 atom stereocenters. The van der Waals surface area contributed by atoms with Crippen molar-refractivity contribution in [3.8, 4) is 0 Å². The lowest BCUT2D eigenvalue weighted by Gasteiger charge is -2.41. The van der Waals surface area contributed by atoms with Crippen molar-refractivity contribution in [2.45, 2.75) is 45.6 Å². The van der Waals surface area contributed by atoms with Crippen LogP contribution in [0.4, 0.5) is 28.4 Å². The first kappa shape index (κ1) is 26.3. The van der Waals surface area contributed by atoms with Gasteiger partial charge in [-0.3, -0.25) is 0 Å². The summed E-state index contributed by atoms with van der Waals surface area (Å²) in [5.74, 6) is 0. The highest BCUT2D eigenvalue weighted by Crippen LogP contribution is 2.42. The summed E-state index contributed by atoms with van der Waals surface area (Å²) in [6, 6.07) is 49.8. The lowest BCUT2D eigenvalue weighted by Crippen LogP contribution is -2.38. The third-order valence-electron chi connectivity index (χ3n) is 7.43. The zero-order valence-electron chi connectivity index (χ0n) is 23.7. The van der Waals surface area contributed by atoms with Gasteiger partial charge in [-0.2, -0.15) is 0 Å². The van der Waals surface area contributed by atoms with E-state index in [9.17, 15) is 0 Å². The second-order valence-corrected chi connectivity index (χ2v) is 11.6. The minimum Gasteiger partial charge on any atom is -0.332 e. The van der Waals surface area contributed by atoms with Crippen molar-refractivity contribution in [1.29, 1.82) is 0 Å². The summed E-state index contributed by atoms with van der Waals surface area (Å²) in [5.41, 5.74) is 8.17. The van der Waals surface area contributed by atoms with Gasteiger partial charge in [0.1, 0.15) is 0 Å². The smallest absolute Gasteiger partial charge is 0.0646 e. The molecule has 5 aromatic carbocycles. The molecule has 0 aliphatic heterocycles. The van der Waals surface area contributed by atoms with Gasteiger partial charge in [-0.25, -0.2) is 0 Å². The van der Waals surface area contributed by atoms with Crippen molar-refractivity contribution in [3.63, 3.8) is 0 Å². The van der Waals surface area contributed by atoms with Crippen LogP contribution >= 0.6 is 0 Å². The van der Waals surface area contributed by atoms with Crippen LogP contribution in [0.2, 0.25) is 0 Å². The first-order valence-electron chi connectivity index (χ1n) is 13.7. The maximum Gasteiger partial charge on any atom is 0.0646 e. The zero-order chi connectivity index (χ0) is 27.5. The molecule has 2 nitrogen and oxygen atoms in total. The summed E-state index contributed by atoms with van der Waals surface area (Å²) in [7, 11) is 0. The van der Waals surface area contributed by atoms with E-state index in [1.54, 1.807) is 0 Å². The normalized spacial score (nSPS) is 11.7. The van der Waals surface area contributed by atoms with Gasteiger partial charge in [0.25, 0.3) is 0 Å². The fraction of sp³-hybridized carbons (Fsp3) is 0.189. The van der Waals surface area contributed by atoms with Crippen molar-refractivity contribution in [2.75, 3.05) is 9.80 Å². The van der Waals surface area contributed by atoms with Crippen LogP contribution in [0.3, 0.4) is 0 Å². The molecule has 0 aliphatic rings. The zero-order valence-corrected chi connectivity index (χ0v) is 23.7. The van der Waals surface area contributed by atoms with Crippen molar-refractivity contribution in [3.05, 3.63) is 151 Å². The van der Waals surface area contributed by atoms with E-state index < -0.39 is 0 Å². The maximum absolute atomic E-state index is 2.44. The largest absolute Gasteiger partial charge is 0.332 e. The number of para-hydroxylation sites is 3. The standard InChI is InChI=1S/C37H38N2/c1-36(2,3)29-21-23-30(24-22-29)37(4,5)39(34-19-13-8-14-20-34)35-27-25-33(26-28-35)38(31-15-9-6-10-16-31)32-17-11-7-12-18-32/h6-28H,1-5H3. The molecule has 2 heteroatoms. The van der Waals surface area contributed by atoms with Crippen LogP contribution in [-0.4, -0.2) is 0 Å². The van der Waals surface area contributed by atoms with Crippen LogP contribution in [0.5, 0.6) is 0 Å². The third kappa shape index (κ3) is 5.61. The summed E-state index contributed by atoms with van der Waals surface area (Å²) in [6.45, 7) is 11.4. The SMILES string of the molecule is CC(C)(C)c1ccc(C(C)(C)N(c2ccccc2)c2ccc(N(c3ccccc3)c3ccccc3)cc2)cc1. The highest BCUT2D eigenvalue weighted by molar-refractivity contribution is 5.78. The van der Waals surface area contributed by atoms with Gasteiger partial charge in [0.05, 0.1) is 5.54 Å². The van der Waals surface area contributed by atoms with E-state index in [0.29, 0.717) is 0 Å². The van der Waals surface area contributed by atoms with Gasteiger partial charge in [0.2, 0.25) is 0 Å². The molecule has 0 aliphatic carbocycles. The molecule has 0 spiro atoms. The minimum atomic E-state index is -0.280. The summed E-state index contributed by atoms with van der Waals surface area (Å²) >= 11 is 0. The van der Waals surface area contributed by atoms with E-state index in [0.717, 1.165) is 28.4 Å². The molecule has 0 saturated carbocycles. The van der Waals surface area contributed by atoms with Gasteiger partial charge >= 0.3 is 0 Å². The molecule has 39 heavy (non-hydrogen) atoms. The Bertz CT molecular complexity index is 1430. The molecule has 0 bridgehead atoms. The maximum atomic E-state index is 2.44. The van der Waals surface area contributed by atoms with E-state index in [-0.39, 0.29) is 11.0 Å². The fourth-order valence-corrected chi connectivity index (χ4v) is 5.23. The molecule has 0 aromatic heterocycles. The number of benzene rings is 5. The molecule has 5 aromatic rings. The Morgan fingerprint density at radius 2 is 0.692 bits per heavy atom. The van der Waals surface area contributed by atoms with Gasteiger partial charge < -0.3 is 9.80 Å². The quantitative estimate of drug-likeness (QED) is 0.215. The predicted octanol–water partition coefficient (Wildman–Crippen LogP) is 10.5. The first-order chi connectivity index (χ1) is 18.7. The number of hydrogen-bond acceptors (Lipinski definition) is 2. The van der Waals surface area contributed by atoms with Gasteiger partial charge in [-0.15, -0.1) is 0 Å². The number of hydrogen-bond donors (Lipinski definition) is 0. The number of nitrogens with zero attached hydrogens (tertiary/aromatic N) is 2. The van der Waals surface area contributed by atoms with Crippen LogP contribution in [0.25, 0.3) is 0 Å². The van der Waals surface area contributed by atoms with Crippen molar-refractivity contribution in [2.24, 2.45) is 0 Å². The summed E-state index contributed by atoms with van der Waals surface area (Å²) in [5, 5.41) is 0. The summed E-state index contributed by atoms with van der Waals surface area (Å²) < 4.78 is 0. The molecule has 0 amide bonds. The van der Waals surface area contributed by atoms with Crippen LogP contribution in [0, 0.1) is 0 Å². The Morgan fingerprint density at radius 1 is 0.359 bits per heavy atom. The average molecular weight is 511 g/mol. The molecule has 0 N–H and O–H groups in total. The molecule has 0 radical (unpaired) electrons. The van der Waals surface area contributed by atoms with Crippen LogP contribution < -0.4 is 9.80 Å². The Kier molecular flexibility index (Phi) is 7.30. The molecular formula is C37H38N2. The van der Waals surface area contributed by atoms with E-state index in [1.807, 2.05) is 0 Å². The van der Waals surface area contributed by atoms with E-state index in [4.69, 9.17) is 0 Å². The van der Waals surface area contributed by atoms with E-state index in [2.05, 4.69) is 184 Å².